The lowest BCUT2D eigenvalue weighted by atomic mass is 10.1. The molecule has 0 spiro atoms. The average Bonchev–Trinajstić information content (AvgIpc) is 2.52. The second kappa shape index (κ2) is 5.97. The quantitative estimate of drug-likeness (QED) is 0.629. The van der Waals surface area contributed by atoms with Crippen LogP contribution in [0.4, 0.5) is 0 Å². The molecule has 0 aromatic heterocycles. The lowest BCUT2D eigenvalue weighted by Gasteiger charge is -2.21. The number of nitrogens with zero attached hydrogens (tertiary/aromatic N) is 3. The molecule has 0 saturated heterocycles. The lowest BCUT2D eigenvalue weighted by molar-refractivity contribution is 0.121. The first kappa shape index (κ1) is 13.6. The monoisotopic (exact) mass is 299 g/mol. The van der Waals surface area contributed by atoms with Gasteiger partial charge in [-0.05, 0) is 17.7 Å². The summed E-state index contributed by atoms with van der Waals surface area (Å²) in [6.45, 7) is 0.492. The van der Waals surface area contributed by atoms with Crippen molar-refractivity contribution in [1.29, 1.82) is 0 Å². The Labute approximate surface area is 128 Å². The number of halogens is 1. The molecule has 5 heteroatoms. The molecule has 2 aromatic carbocycles. The number of amidine groups is 1. The number of hydrogen-bond donors (Lipinski definition) is 0. The summed E-state index contributed by atoms with van der Waals surface area (Å²) in [6.07, 6.45) is 1.74. The molecule has 0 amide bonds. The molecule has 0 radical (unpaired) electrons. The molecule has 1 aliphatic rings. The molecule has 21 heavy (non-hydrogen) atoms. The van der Waals surface area contributed by atoms with Crippen molar-refractivity contribution in [2.75, 3.05) is 7.05 Å². The molecular formula is C16H14ClN3O. The third-order valence-corrected chi connectivity index (χ3v) is 3.40. The van der Waals surface area contributed by atoms with Gasteiger partial charge in [-0.1, -0.05) is 53.2 Å². The minimum Gasteiger partial charge on any atom is -0.389 e. The lowest BCUT2D eigenvalue weighted by Crippen LogP contribution is -2.26. The normalized spacial score (nSPS) is 13.5. The summed E-state index contributed by atoms with van der Waals surface area (Å²) in [6, 6.07) is 15.5. The van der Waals surface area contributed by atoms with Crippen molar-refractivity contribution in [1.82, 2.24) is 5.01 Å². The molecule has 0 saturated carbocycles. The van der Waals surface area contributed by atoms with E-state index in [1.54, 1.807) is 11.2 Å². The summed E-state index contributed by atoms with van der Waals surface area (Å²) in [4.78, 5) is 5.25. The largest absolute Gasteiger partial charge is 0.389 e. The number of benzene rings is 2. The molecule has 0 N–H and O–H groups in total. The highest BCUT2D eigenvalue weighted by atomic mass is 35.5. The number of hydrazone groups is 1. The third kappa shape index (κ3) is 3.06. The van der Waals surface area contributed by atoms with Gasteiger partial charge in [-0.25, -0.2) is 5.01 Å². The van der Waals surface area contributed by atoms with Gasteiger partial charge in [0.2, 0.25) is 0 Å². The van der Waals surface area contributed by atoms with Gasteiger partial charge in [0.05, 0.1) is 6.21 Å². The van der Waals surface area contributed by atoms with Crippen molar-refractivity contribution in [2.24, 2.45) is 10.3 Å². The second-order valence-corrected chi connectivity index (χ2v) is 5.11. The highest BCUT2D eigenvalue weighted by Crippen LogP contribution is 2.18. The first-order valence-electron chi connectivity index (χ1n) is 6.55. The van der Waals surface area contributed by atoms with Crippen LogP contribution in [-0.4, -0.2) is 24.1 Å². The van der Waals surface area contributed by atoms with E-state index in [1.807, 2.05) is 55.6 Å². The maximum absolute atomic E-state index is 5.96. The Morgan fingerprint density at radius 1 is 1.24 bits per heavy atom. The summed E-state index contributed by atoms with van der Waals surface area (Å²) in [5.74, 6) is 0.690. The van der Waals surface area contributed by atoms with Crippen molar-refractivity contribution in [3.8, 4) is 0 Å². The Morgan fingerprint density at radius 2 is 2.10 bits per heavy atom. The van der Waals surface area contributed by atoms with Crippen molar-refractivity contribution in [3.05, 3.63) is 70.2 Å². The molecule has 0 unspecified atom stereocenters. The number of hydrogen-bond acceptors (Lipinski definition) is 4. The minimum absolute atomic E-state index is 0.492. The maximum Gasteiger partial charge on any atom is 0.195 e. The number of oxime groups is 1. The van der Waals surface area contributed by atoms with Crippen molar-refractivity contribution in [3.63, 3.8) is 0 Å². The molecule has 0 aliphatic carbocycles. The molecule has 4 nitrogen and oxygen atoms in total. The van der Waals surface area contributed by atoms with E-state index in [9.17, 15) is 0 Å². The van der Waals surface area contributed by atoms with Crippen LogP contribution in [0.15, 0.2) is 58.8 Å². The predicted molar refractivity (Wildman–Crippen MR) is 84.6 cm³/mol. The first-order chi connectivity index (χ1) is 10.2. The fourth-order valence-corrected chi connectivity index (χ4v) is 2.30. The summed E-state index contributed by atoms with van der Waals surface area (Å²) in [5.41, 5.74) is 3.07. The molecule has 0 fully saturated rings. The van der Waals surface area contributed by atoms with Gasteiger partial charge in [0.1, 0.15) is 6.61 Å². The highest BCUT2D eigenvalue weighted by molar-refractivity contribution is 6.30. The van der Waals surface area contributed by atoms with Crippen molar-refractivity contribution < 1.29 is 4.84 Å². The van der Waals surface area contributed by atoms with E-state index in [0.29, 0.717) is 17.5 Å². The smallest absolute Gasteiger partial charge is 0.195 e. The molecule has 1 heterocycles. The molecule has 106 valence electrons. The Morgan fingerprint density at radius 3 is 2.95 bits per heavy atom. The molecule has 3 rings (SSSR count). The second-order valence-electron chi connectivity index (χ2n) is 4.67. The standard InChI is InChI=1S/C16H14ClN3O/c1-20(18-10-12-5-4-7-14(17)9-12)16-15-8-3-2-6-13(15)11-21-19-16/h2-10H,11H2,1H3. The zero-order chi connectivity index (χ0) is 14.7. The van der Waals surface area contributed by atoms with Crippen LogP contribution in [0.5, 0.6) is 0 Å². The fourth-order valence-electron chi connectivity index (χ4n) is 2.10. The molecule has 1 aliphatic heterocycles. The zero-order valence-electron chi connectivity index (χ0n) is 11.5. The number of rotatable bonds is 2. The SMILES string of the molecule is CN(N=Cc1cccc(Cl)c1)C1=NOCc2ccccc21. The highest BCUT2D eigenvalue weighted by Gasteiger charge is 2.17. The van der Waals surface area contributed by atoms with Crippen molar-refractivity contribution in [2.45, 2.75) is 6.61 Å². The van der Waals surface area contributed by atoms with Gasteiger partial charge in [-0.3, -0.25) is 0 Å². The van der Waals surface area contributed by atoms with E-state index in [0.717, 1.165) is 16.7 Å². The van der Waals surface area contributed by atoms with Gasteiger partial charge in [0.25, 0.3) is 0 Å². The fraction of sp³-hybridized carbons (Fsp3) is 0.125. The summed E-state index contributed by atoms with van der Waals surface area (Å²) in [5, 5.41) is 10.9. The van der Waals surface area contributed by atoms with E-state index in [2.05, 4.69) is 10.3 Å². The molecular weight excluding hydrogens is 286 g/mol. The van der Waals surface area contributed by atoms with E-state index in [4.69, 9.17) is 16.4 Å². The summed E-state index contributed by atoms with van der Waals surface area (Å²) < 4.78 is 0. The Bertz CT molecular complexity index is 712. The van der Waals surface area contributed by atoms with E-state index in [-0.39, 0.29) is 0 Å². The maximum atomic E-state index is 5.96. The summed E-state index contributed by atoms with van der Waals surface area (Å²) >= 11 is 5.96. The van der Waals surface area contributed by atoms with Gasteiger partial charge >= 0.3 is 0 Å². The van der Waals surface area contributed by atoms with Crippen LogP contribution >= 0.6 is 11.6 Å². The van der Waals surface area contributed by atoms with Crippen molar-refractivity contribution >= 4 is 23.7 Å². The van der Waals surface area contributed by atoms with Gasteiger partial charge in [-0.2, -0.15) is 5.10 Å². The molecule has 0 bridgehead atoms. The van der Waals surface area contributed by atoms with E-state index < -0.39 is 0 Å². The molecule has 2 aromatic rings. The predicted octanol–water partition coefficient (Wildman–Crippen LogP) is 3.50. The van der Waals surface area contributed by atoms with Crippen LogP contribution in [0.25, 0.3) is 0 Å². The first-order valence-corrected chi connectivity index (χ1v) is 6.93. The van der Waals surface area contributed by atoms with Gasteiger partial charge in [0, 0.05) is 23.2 Å². The van der Waals surface area contributed by atoms with Gasteiger partial charge < -0.3 is 4.84 Å². The van der Waals surface area contributed by atoms with Gasteiger partial charge in [0.15, 0.2) is 5.84 Å². The van der Waals surface area contributed by atoms with Crippen LogP contribution in [0.1, 0.15) is 16.7 Å². The van der Waals surface area contributed by atoms with Crippen LogP contribution in [0.2, 0.25) is 5.02 Å². The Hall–Kier alpha value is -2.33. The summed E-state index contributed by atoms with van der Waals surface area (Å²) in [7, 11) is 1.84. The average molecular weight is 300 g/mol. The zero-order valence-corrected chi connectivity index (χ0v) is 12.3. The van der Waals surface area contributed by atoms with Crippen LogP contribution < -0.4 is 0 Å². The number of fused-ring (bicyclic) bond motifs is 1. The third-order valence-electron chi connectivity index (χ3n) is 3.16. The van der Waals surface area contributed by atoms with Crippen LogP contribution in [0, 0.1) is 0 Å². The Balaban J connectivity index is 1.83. The van der Waals surface area contributed by atoms with Crippen LogP contribution in [-0.2, 0) is 11.4 Å². The topological polar surface area (TPSA) is 37.2 Å². The van der Waals surface area contributed by atoms with E-state index in [1.165, 1.54) is 0 Å². The Kier molecular flexibility index (Phi) is 3.88. The molecule has 0 atom stereocenters. The minimum atomic E-state index is 0.492. The van der Waals surface area contributed by atoms with E-state index >= 15 is 0 Å². The van der Waals surface area contributed by atoms with Crippen LogP contribution in [0.3, 0.4) is 0 Å². The van der Waals surface area contributed by atoms with Gasteiger partial charge in [-0.15, -0.1) is 0 Å².